The van der Waals surface area contributed by atoms with Gasteiger partial charge in [0.25, 0.3) is 0 Å². The molecule has 0 amide bonds. The van der Waals surface area contributed by atoms with E-state index in [2.05, 4.69) is 35.9 Å². The molecular weight excluding hydrogens is 234 g/mol. The van der Waals surface area contributed by atoms with E-state index in [-0.39, 0.29) is 12.4 Å². The van der Waals surface area contributed by atoms with E-state index in [1.165, 1.54) is 25.0 Å². The van der Waals surface area contributed by atoms with E-state index < -0.39 is 0 Å². The summed E-state index contributed by atoms with van der Waals surface area (Å²) in [7, 11) is 0. The third kappa shape index (κ3) is 6.64. The highest BCUT2D eigenvalue weighted by molar-refractivity contribution is 4.97. The van der Waals surface area contributed by atoms with Crippen LogP contribution >= 0.6 is 0 Å². The van der Waals surface area contributed by atoms with Crippen molar-refractivity contribution in [3.05, 3.63) is 30.1 Å². The molecule has 0 bridgehead atoms. The maximum atomic E-state index is 8.69. The highest BCUT2D eigenvalue weighted by Crippen LogP contribution is 2.01. The Kier molecular flexibility index (Phi) is 10.2. The zero-order valence-corrected chi connectivity index (χ0v) is 11.5. The first-order valence-corrected chi connectivity index (χ1v) is 6.46. The summed E-state index contributed by atoms with van der Waals surface area (Å²) in [5.74, 6) is 0. The predicted molar refractivity (Wildman–Crippen MR) is 66.2 cm³/mol. The largest absolute Gasteiger partial charge is 1.00 e. The van der Waals surface area contributed by atoms with Crippen molar-refractivity contribution in [2.45, 2.75) is 52.0 Å². The minimum Gasteiger partial charge on any atom is -1.00 e. The first-order valence-electron chi connectivity index (χ1n) is 6.46. The minimum atomic E-state index is 0. The summed E-state index contributed by atoms with van der Waals surface area (Å²) in [6.45, 7) is 3.67. The first kappa shape index (κ1) is 16.4. The average molecular weight is 258 g/mol. The van der Waals surface area contributed by atoms with Gasteiger partial charge in [-0.05, 0) is 19.3 Å². The minimum absolute atomic E-state index is 0. The van der Waals surface area contributed by atoms with Gasteiger partial charge in [0.2, 0.25) is 0 Å². The van der Waals surface area contributed by atoms with Crippen molar-refractivity contribution in [3.63, 3.8) is 0 Å². The van der Waals surface area contributed by atoms with Gasteiger partial charge < -0.3 is 17.5 Å². The number of rotatable bonds is 8. The second-order valence-corrected chi connectivity index (χ2v) is 4.27. The van der Waals surface area contributed by atoms with Crippen molar-refractivity contribution in [2.24, 2.45) is 0 Å². The normalized spacial score (nSPS) is 10.0. The Balaban J connectivity index is 0.00000256. The van der Waals surface area contributed by atoms with Crippen LogP contribution in [0.3, 0.4) is 0 Å². The standard InChI is InChI=1S/C14H24NO.ClH/c1-2-9-14-10-5-7-12-15(14)11-6-3-4-8-13-16;/h5,7,10,12,16H,2-4,6,8-9,11,13H2,1H3;1H/q+1;/p-1. The zero-order valence-electron chi connectivity index (χ0n) is 10.7. The maximum Gasteiger partial charge on any atom is 0.181 e. The summed E-state index contributed by atoms with van der Waals surface area (Å²) in [6.07, 6.45) is 9.07. The van der Waals surface area contributed by atoms with Crippen molar-refractivity contribution in [3.8, 4) is 0 Å². The van der Waals surface area contributed by atoms with Crippen LogP contribution in [0.5, 0.6) is 0 Å². The molecule has 0 aromatic carbocycles. The van der Waals surface area contributed by atoms with E-state index in [1.807, 2.05) is 0 Å². The fourth-order valence-electron chi connectivity index (χ4n) is 1.96. The number of pyridine rings is 1. The highest BCUT2D eigenvalue weighted by Gasteiger charge is 2.07. The molecule has 1 aromatic heterocycles. The summed E-state index contributed by atoms with van der Waals surface area (Å²) in [4.78, 5) is 0. The number of hydrogen-bond donors (Lipinski definition) is 1. The Morgan fingerprint density at radius 1 is 1.12 bits per heavy atom. The van der Waals surface area contributed by atoms with Gasteiger partial charge in [-0.3, -0.25) is 0 Å². The molecule has 17 heavy (non-hydrogen) atoms. The molecule has 2 nitrogen and oxygen atoms in total. The van der Waals surface area contributed by atoms with Gasteiger partial charge in [-0.2, -0.15) is 0 Å². The lowest BCUT2D eigenvalue weighted by atomic mass is 10.2. The van der Waals surface area contributed by atoms with E-state index in [9.17, 15) is 0 Å². The first-order chi connectivity index (χ1) is 7.88. The quantitative estimate of drug-likeness (QED) is 0.492. The summed E-state index contributed by atoms with van der Waals surface area (Å²) in [5, 5.41) is 8.69. The predicted octanol–water partition coefficient (Wildman–Crippen LogP) is -0.517. The Labute approximate surface area is 111 Å². The Bertz CT molecular complexity index is 291. The van der Waals surface area contributed by atoms with Crippen LogP contribution in [0.2, 0.25) is 0 Å². The molecular formula is C14H24ClNO. The van der Waals surface area contributed by atoms with E-state index in [0.29, 0.717) is 6.61 Å². The monoisotopic (exact) mass is 257 g/mol. The smallest absolute Gasteiger partial charge is 0.181 e. The van der Waals surface area contributed by atoms with Gasteiger partial charge in [0.15, 0.2) is 11.9 Å². The van der Waals surface area contributed by atoms with Crippen molar-refractivity contribution >= 4 is 0 Å². The molecule has 0 fully saturated rings. The summed E-state index contributed by atoms with van der Waals surface area (Å²) in [6, 6.07) is 6.44. The van der Waals surface area contributed by atoms with Crippen molar-refractivity contribution < 1.29 is 22.1 Å². The van der Waals surface area contributed by atoms with E-state index in [4.69, 9.17) is 5.11 Å². The molecule has 98 valence electrons. The lowest BCUT2D eigenvalue weighted by Gasteiger charge is -2.02. The summed E-state index contributed by atoms with van der Waals surface area (Å²) >= 11 is 0. The molecule has 0 unspecified atom stereocenters. The van der Waals surface area contributed by atoms with Crippen LogP contribution in [0.25, 0.3) is 0 Å². The topological polar surface area (TPSA) is 24.1 Å². The average Bonchev–Trinajstić information content (AvgIpc) is 2.31. The van der Waals surface area contributed by atoms with Crippen LogP contribution in [0, 0.1) is 0 Å². The van der Waals surface area contributed by atoms with Gasteiger partial charge in [-0.1, -0.05) is 19.4 Å². The molecule has 0 aliphatic heterocycles. The number of aliphatic hydroxyl groups is 1. The third-order valence-corrected chi connectivity index (χ3v) is 2.85. The molecule has 0 aliphatic carbocycles. The van der Waals surface area contributed by atoms with E-state index >= 15 is 0 Å². The Morgan fingerprint density at radius 3 is 2.59 bits per heavy atom. The number of unbranched alkanes of at least 4 members (excludes halogenated alkanes) is 3. The van der Waals surface area contributed by atoms with E-state index in [0.717, 1.165) is 25.8 Å². The van der Waals surface area contributed by atoms with Gasteiger partial charge in [0, 0.05) is 31.6 Å². The van der Waals surface area contributed by atoms with Crippen molar-refractivity contribution in [1.82, 2.24) is 0 Å². The third-order valence-electron chi connectivity index (χ3n) is 2.85. The lowest BCUT2D eigenvalue weighted by molar-refractivity contribution is -0.704. The number of nitrogens with zero attached hydrogens (tertiary/aromatic N) is 1. The SMILES string of the molecule is CCCc1cccc[n+]1CCCCCCO.[Cl-]. The Morgan fingerprint density at radius 2 is 1.88 bits per heavy atom. The van der Waals surface area contributed by atoms with Crippen LogP contribution in [0.15, 0.2) is 24.4 Å². The zero-order chi connectivity index (χ0) is 11.6. The molecule has 0 atom stereocenters. The lowest BCUT2D eigenvalue weighted by Crippen LogP contribution is -3.00. The fraction of sp³-hybridized carbons (Fsp3) is 0.643. The van der Waals surface area contributed by atoms with Crippen molar-refractivity contribution in [2.75, 3.05) is 6.61 Å². The van der Waals surface area contributed by atoms with Crippen LogP contribution in [-0.4, -0.2) is 11.7 Å². The van der Waals surface area contributed by atoms with Gasteiger partial charge in [0.05, 0.1) is 0 Å². The van der Waals surface area contributed by atoms with Crippen LogP contribution in [0.4, 0.5) is 0 Å². The second kappa shape index (κ2) is 10.5. The van der Waals surface area contributed by atoms with Crippen LogP contribution < -0.4 is 17.0 Å². The molecule has 1 heterocycles. The van der Waals surface area contributed by atoms with Crippen molar-refractivity contribution in [1.29, 1.82) is 0 Å². The number of hydrogen-bond acceptors (Lipinski definition) is 1. The van der Waals surface area contributed by atoms with Gasteiger partial charge in [-0.25, -0.2) is 4.57 Å². The molecule has 0 saturated carbocycles. The number of aromatic nitrogens is 1. The molecule has 1 aromatic rings. The fourth-order valence-corrected chi connectivity index (χ4v) is 1.96. The Hall–Kier alpha value is -0.600. The second-order valence-electron chi connectivity index (χ2n) is 4.27. The van der Waals surface area contributed by atoms with Crippen LogP contribution in [0.1, 0.15) is 44.7 Å². The summed E-state index contributed by atoms with van der Waals surface area (Å²) in [5.41, 5.74) is 1.44. The van der Waals surface area contributed by atoms with Gasteiger partial charge in [0.1, 0.15) is 6.54 Å². The molecule has 1 rings (SSSR count). The molecule has 0 saturated heterocycles. The molecule has 0 spiro atoms. The van der Waals surface area contributed by atoms with E-state index in [1.54, 1.807) is 0 Å². The molecule has 3 heteroatoms. The maximum absolute atomic E-state index is 8.69. The number of aliphatic hydroxyl groups excluding tert-OH is 1. The number of aryl methyl sites for hydroxylation is 2. The molecule has 1 N–H and O–H groups in total. The molecule has 0 radical (unpaired) electrons. The van der Waals surface area contributed by atoms with Gasteiger partial charge in [-0.15, -0.1) is 0 Å². The summed E-state index contributed by atoms with van der Waals surface area (Å²) < 4.78 is 2.36. The molecule has 0 aliphatic rings. The van der Waals surface area contributed by atoms with Gasteiger partial charge >= 0.3 is 0 Å². The number of halogens is 1. The highest BCUT2D eigenvalue weighted by atomic mass is 35.5. The van der Waals surface area contributed by atoms with Crippen LogP contribution in [-0.2, 0) is 13.0 Å².